The quantitative estimate of drug-likeness (QED) is 0.0830. The molecule has 0 spiro atoms. The van der Waals surface area contributed by atoms with Gasteiger partial charge in [-0.15, -0.1) is 0 Å². The van der Waals surface area contributed by atoms with Gasteiger partial charge < -0.3 is 38.2 Å². The Morgan fingerprint density at radius 3 is 2.26 bits per heavy atom. The van der Waals surface area contributed by atoms with Crippen molar-refractivity contribution in [2.45, 2.75) is 58.4 Å². The lowest BCUT2D eigenvalue weighted by atomic mass is 9.95. The Balaban J connectivity index is 1.52. The Labute approximate surface area is 301 Å². The summed E-state index contributed by atoms with van der Waals surface area (Å²) in [6.45, 7) is 13.3. The van der Waals surface area contributed by atoms with Gasteiger partial charge in [0.25, 0.3) is 14.2 Å². The number of fused-ring (bicyclic) bond motifs is 4. The molecule has 3 heterocycles. The highest BCUT2D eigenvalue weighted by molar-refractivity contribution is 9.09. The van der Waals surface area contributed by atoms with Gasteiger partial charge in [0.05, 0.1) is 43.6 Å². The molecule has 1 unspecified atom stereocenters. The van der Waals surface area contributed by atoms with Crippen molar-refractivity contribution in [1.29, 1.82) is 0 Å². The van der Waals surface area contributed by atoms with Crippen LogP contribution in [-0.2, 0) is 11.3 Å². The summed E-state index contributed by atoms with van der Waals surface area (Å²) in [5.74, 6) is 1.18. The average Bonchev–Trinajstić information content (AvgIpc) is 3.78. The first-order valence-electron chi connectivity index (χ1n) is 16.5. The summed E-state index contributed by atoms with van der Waals surface area (Å²) in [7, 11) is 2.28. The fourth-order valence-electron chi connectivity index (χ4n) is 6.41. The van der Waals surface area contributed by atoms with E-state index in [-0.39, 0.29) is 23.5 Å². The van der Waals surface area contributed by atoms with Gasteiger partial charge in [-0.05, 0) is 48.3 Å². The number of benzene rings is 3. The largest absolute Gasteiger partial charge is 0.542 e. The van der Waals surface area contributed by atoms with Crippen molar-refractivity contribution in [2.24, 2.45) is 0 Å². The van der Waals surface area contributed by atoms with Gasteiger partial charge in [-0.3, -0.25) is 4.79 Å². The molecule has 5 aromatic rings. The Hall–Kier alpha value is -4.42. The van der Waals surface area contributed by atoms with Crippen LogP contribution < -0.4 is 23.5 Å². The second kappa shape index (κ2) is 13.4. The molecule has 6 rings (SSSR count). The molecule has 0 fully saturated rings. The summed E-state index contributed by atoms with van der Waals surface area (Å²) in [5.41, 5.74) is 5.32. The van der Waals surface area contributed by atoms with Crippen molar-refractivity contribution in [1.82, 2.24) is 9.97 Å². The molecule has 12 heteroatoms. The number of esters is 1. The number of alkyl halides is 1. The normalized spacial score (nSPS) is 14.6. The maximum atomic E-state index is 14.6. The minimum Gasteiger partial charge on any atom is -0.542 e. The van der Waals surface area contributed by atoms with Crippen LogP contribution in [0.2, 0.25) is 18.1 Å². The monoisotopic (exact) mass is 761 g/mol. The van der Waals surface area contributed by atoms with E-state index in [2.05, 4.69) is 59.8 Å². The topological polar surface area (TPSA) is 115 Å². The number of nitrogens with zero attached hydrogens (tertiary/aromatic N) is 1. The summed E-state index contributed by atoms with van der Waals surface area (Å²) < 4.78 is 29.7. The lowest BCUT2D eigenvalue weighted by Crippen LogP contribution is -2.44. The van der Waals surface area contributed by atoms with Crippen molar-refractivity contribution >= 4 is 63.6 Å². The molecule has 0 radical (unpaired) electrons. The van der Waals surface area contributed by atoms with Gasteiger partial charge in [0, 0.05) is 40.3 Å². The standard InChI is InChI=1S/C38H44BrN3O7Si/c1-21-29(37(44)48-20-22-13-11-10-12-14-22)31-30-24(18-39)19-42(26(30)17-27(33(31)40-21)49-50(8,9)38(2,3)4)36(43)25-15-23-16-28(45-5)34(46-6)35(47-7)32(23)41-25/h10-17,24,40-41H,18-20H2,1-9H3. The predicted molar refractivity (Wildman–Crippen MR) is 203 cm³/mol. The number of methoxy groups -OCH3 is 3. The fourth-order valence-corrected chi connectivity index (χ4v) is 7.96. The number of aromatic amines is 2. The second-order valence-corrected chi connectivity index (χ2v) is 19.5. The first-order chi connectivity index (χ1) is 23.7. The van der Waals surface area contributed by atoms with Gasteiger partial charge >= 0.3 is 5.97 Å². The molecule has 3 aromatic carbocycles. The molecule has 0 bridgehead atoms. The van der Waals surface area contributed by atoms with Crippen molar-refractivity contribution in [3.63, 3.8) is 0 Å². The van der Waals surface area contributed by atoms with Gasteiger partial charge in [-0.25, -0.2) is 4.79 Å². The molecule has 0 aliphatic carbocycles. The Kier molecular flexibility index (Phi) is 9.47. The van der Waals surface area contributed by atoms with E-state index in [1.54, 1.807) is 32.3 Å². The number of hydrogen-bond acceptors (Lipinski definition) is 7. The third-order valence-corrected chi connectivity index (χ3v) is 15.1. The van der Waals surface area contributed by atoms with E-state index in [4.69, 9.17) is 23.4 Å². The van der Waals surface area contributed by atoms with Crippen LogP contribution in [0, 0.1) is 6.92 Å². The zero-order valence-electron chi connectivity index (χ0n) is 30.0. The molecule has 2 aromatic heterocycles. The Morgan fingerprint density at radius 2 is 1.64 bits per heavy atom. The molecular weight excluding hydrogens is 718 g/mol. The molecule has 1 atom stereocenters. The summed E-state index contributed by atoms with van der Waals surface area (Å²) in [5, 5.41) is 1.93. The smallest absolute Gasteiger partial charge is 0.340 e. The number of carbonyl (C=O) groups is 2. The molecule has 0 saturated carbocycles. The number of H-pyrrole nitrogens is 2. The minimum absolute atomic E-state index is 0.100. The number of anilines is 1. The van der Waals surface area contributed by atoms with Crippen LogP contribution in [0.3, 0.4) is 0 Å². The highest BCUT2D eigenvalue weighted by Gasteiger charge is 2.42. The van der Waals surface area contributed by atoms with Crippen LogP contribution >= 0.6 is 15.9 Å². The highest BCUT2D eigenvalue weighted by atomic mass is 79.9. The number of aryl methyl sites for hydroxylation is 1. The van der Waals surface area contributed by atoms with Crippen molar-refractivity contribution < 1.29 is 33.0 Å². The molecular formula is C38H44BrN3O7Si. The average molecular weight is 763 g/mol. The van der Waals surface area contributed by atoms with Crippen molar-refractivity contribution in [2.75, 3.05) is 38.1 Å². The highest BCUT2D eigenvalue weighted by Crippen LogP contribution is 2.50. The number of ether oxygens (including phenoxy) is 4. The number of nitrogens with one attached hydrogen (secondary N) is 2. The van der Waals surface area contributed by atoms with Crippen molar-refractivity contribution in [3.05, 3.63) is 76.6 Å². The van der Waals surface area contributed by atoms with Crippen LogP contribution in [0.4, 0.5) is 5.69 Å². The van der Waals surface area contributed by atoms with Crippen molar-refractivity contribution in [3.8, 4) is 23.0 Å². The van der Waals surface area contributed by atoms with E-state index in [0.29, 0.717) is 63.0 Å². The molecule has 2 N–H and O–H groups in total. The van der Waals surface area contributed by atoms with Crippen LogP contribution in [0.25, 0.3) is 21.8 Å². The fraction of sp³-hybridized carbons (Fsp3) is 0.368. The summed E-state index contributed by atoms with van der Waals surface area (Å²) in [6, 6.07) is 15.2. The second-order valence-electron chi connectivity index (χ2n) is 14.2. The lowest BCUT2D eigenvalue weighted by molar-refractivity contribution is 0.0474. The zero-order chi connectivity index (χ0) is 36.1. The lowest BCUT2D eigenvalue weighted by Gasteiger charge is -2.36. The first-order valence-corrected chi connectivity index (χ1v) is 20.6. The minimum atomic E-state index is -2.37. The van der Waals surface area contributed by atoms with Crippen LogP contribution in [-0.4, -0.2) is 63.4 Å². The van der Waals surface area contributed by atoms with Gasteiger partial charge in [0.1, 0.15) is 18.1 Å². The third kappa shape index (κ3) is 6.02. The molecule has 1 aliphatic heterocycles. The van der Waals surface area contributed by atoms with Gasteiger partial charge in [-0.2, -0.15) is 0 Å². The Morgan fingerprint density at radius 1 is 0.940 bits per heavy atom. The number of aromatic nitrogens is 2. The van der Waals surface area contributed by atoms with Gasteiger partial charge in [-0.1, -0.05) is 67.0 Å². The van der Waals surface area contributed by atoms with E-state index in [0.717, 1.165) is 27.4 Å². The van der Waals surface area contributed by atoms with Gasteiger partial charge in [0.2, 0.25) is 5.75 Å². The van der Waals surface area contributed by atoms with Crippen LogP contribution in [0.1, 0.15) is 64.4 Å². The van der Waals surface area contributed by atoms with E-state index < -0.39 is 14.3 Å². The number of amides is 1. The number of carbonyl (C=O) groups excluding carboxylic acids is 2. The number of halogens is 1. The molecule has 1 aliphatic rings. The SMILES string of the molecule is COc1cc2cc(C(=O)N3CC(CBr)c4c3cc(O[Si](C)(C)C(C)(C)C)c3[nH]c(C)c(C(=O)OCc5ccccc5)c43)[nH]c2c(OC)c1OC. The maximum absolute atomic E-state index is 14.6. The molecule has 0 saturated heterocycles. The van der Waals surface area contributed by atoms with Crippen LogP contribution in [0.15, 0.2) is 48.5 Å². The summed E-state index contributed by atoms with van der Waals surface area (Å²) in [4.78, 5) is 37.1. The van der Waals surface area contributed by atoms with E-state index in [9.17, 15) is 9.59 Å². The molecule has 50 heavy (non-hydrogen) atoms. The first kappa shape index (κ1) is 35.4. The third-order valence-electron chi connectivity index (χ3n) is 10.0. The molecule has 1 amide bonds. The van der Waals surface area contributed by atoms with Gasteiger partial charge in [0.15, 0.2) is 11.5 Å². The summed E-state index contributed by atoms with van der Waals surface area (Å²) >= 11 is 3.73. The Bertz CT molecular complexity index is 2100. The van der Waals surface area contributed by atoms with Crippen LogP contribution in [0.5, 0.6) is 23.0 Å². The van der Waals surface area contributed by atoms with E-state index >= 15 is 0 Å². The van der Waals surface area contributed by atoms with E-state index in [1.807, 2.05) is 49.4 Å². The van der Waals surface area contributed by atoms with E-state index in [1.165, 1.54) is 0 Å². The maximum Gasteiger partial charge on any atom is 0.340 e. The molecule has 264 valence electrons. The summed E-state index contributed by atoms with van der Waals surface area (Å²) in [6.07, 6.45) is 0. The molecule has 10 nitrogen and oxygen atoms in total. The number of rotatable bonds is 10. The number of hydrogen-bond donors (Lipinski definition) is 2. The zero-order valence-corrected chi connectivity index (χ0v) is 32.6. The predicted octanol–water partition coefficient (Wildman–Crippen LogP) is 8.86.